The van der Waals surface area contributed by atoms with E-state index in [9.17, 15) is 0 Å². The summed E-state index contributed by atoms with van der Waals surface area (Å²) in [7, 11) is 0. The Labute approximate surface area is 80.4 Å². The minimum Gasteiger partial charge on any atom is -0.295 e. The third kappa shape index (κ3) is 1.92. The summed E-state index contributed by atoms with van der Waals surface area (Å²) < 4.78 is 0. The van der Waals surface area contributed by atoms with E-state index in [1.807, 2.05) is 0 Å². The highest BCUT2D eigenvalue weighted by molar-refractivity contribution is 5.15. The molecule has 13 heavy (non-hydrogen) atoms. The van der Waals surface area contributed by atoms with Crippen molar-refractivity contribution in [2.45, 2.75) is 32.4 Å². The fraction of sp³-hybridized carbons (Fsp3) is 0.500. The summed E-state index contributed by atoms with van der Waals surface area (Å²) in [6, 6.07) is 12.3. The molecule has 0 bridgehead atoms. The molecule has 0 N–H and O–H groups in total. The quantitative estimate of drug-likeness (QED) is 0.637. The van der Waals surface area contributed by atoms with Crippen molar-refractivity contribution < 1.29 is 0 Å². The molecule has 2 rings (SSSR count). The molecule has 1 saturated heterocycles. The fourth-order valence-corrected chi connectivity index (χ4v) is 1.89. The van der Waals surface area contributed by atoms with Crippen LogP contribution in [-0.2, 0) is 6.42 Å². The second-order valence-corrected chi connectivity index (χ2v) is 3.95. The molecule has 0 unspecified atom stereocenters. The highest BCUT2D eigenvalue weighted by Gasteiger charge is 2.38. The summed E-state index contributed by atoms with van der Waals surface area (Å²) in [6.45, 7) is 5.82. The summed E-state index contributed by atoms with van der Waals surface area (Å²) in [5.74, 6) is 0. The average Bonchev–Trinajstić information content (AvgIpc) is 2.73. The van der Waals surface area contributed by atoms with Crippen LogP contribution in [0.1, 0.15) is 19.4 Å². The van der Waals surface area contributed by atoms with Gasteiger partial charge in [-0.15, -0.1) is 0 Å². The predicted molar refractivity (Wildman–Crippen MR) is 55.8 cm³/mol. The van der Waals surface area contributed by atoms with Crippen molar-refractivity contribution in [2.24, 2.45) is 0 Å². The number of nitrogens with zero attached hydrogens (tertiary/aromatic N) is 1. The number of hydrogen-bond donors (Lipinski definition) is 0. The van der Waals surface area contributed by atoms with Gasteiger partial charge in [-0.05, 0) is 25.8 Å². The van der Waals surface area contributed by atoms with Gasteiger partial charge in [-0.2, -0.15) is 0 Å². The standard InChI is InChI=1S/C12H17N/c1-10-11(2)13(10)9-8-12-6-4-3-5-7-12/h3-7,10-11H,8-9H2,1-2H3/t10-,11-/m1/s1. The lowest BCUT2D eigenvalue weighted by Gasteiger charge is -2.02. The molecule has 70 valence electrons. The van der Waals surface area contributed by atoms with Crippen LogP contribution in [0.5, 0.6) is 0 Å². The Hall–Kier alpha value is -0.820. The van der Waals surface area contributed by atoms with Gasteiger partial charge in [0.1, 0.15) is 0 Å². The van der Waals surface area contributed by atoms with Gasteiger partial charge in [-0.25, -0.2) is 0 Å². The van der Waals surface area contributed by atoms with E-state index in [-0.39, 0.29) is 0 Å². The molecule has 1 aromatic rings. The summed E-state index contributed by atoms with van der Waals surface area (Å²) >= 11 is 0. The largest absolute Gasteiger partial charge is 0.295 e. The highest BCUT2D eigenvalue weighted by Crippen LogP contribution is 2.26. The third-order valence-corrected chi connectivity index (χ3v) is 3.16. The van der Waals surface area contributed by atoms with E-state index in [0.717, 1.165) is 12.1 Å². The topological polar surface area (TPSA) is 3.01 Å². The van der Waals surface area contributed by atoms with Gasteiger partial charge in [-0.3, -0.25) is 4.90 Å². The Morgan fingerprint density at radius 3 is 2.23 bits per heavy atom. The Balaban J connectivity index is 1.81. The van der Waals surface area contributed by atoms with E-state index in [1.165, 1.54) is 18.5 Å². The van der Waals surface area contributed by atoms with Crippen LogP contribution in [0.3, 0.4) is 0 Å². The molecule has 0 aliphatic carbocycles. The minimum absolute atomic E-state index is 0.809. The smallest absolute Gasteiger partial charge is 0.0224 e. The summed E-state index contributed by atoms with van der Waals surface area (Å²) in [5.41, 5.74) is 1.45. The molecule has 0 aromatic heterocycles. The number of benzene rings is 1. The number of hydrogen-bond acceptors (Lipinski definition) is 1. The van der Waals surface area contributed by atoms with Crippen LogP contribution in [0.2, 0.25) is 0 Å². The Morgan fingerprint density at radius 1 is 1.08 bits per heavy atom. The monoisotopic (exact) mass is 175 g/mol. The maximum absolute atomic E-state index is 2.53. The van der Waals surface area contributed by atoms with E-state index in [1.54, 1.807) is 0 Å². The van der Waals surface area contributed by atoms with Crippen molar-refractivity contribution in [3.63, 3.8) is 0 Å². The summed E-state index contributed by atoms with van der Waals surface area (Å²) in [5, 5.41) is 0. The van der Waals surface area contributed by atoms with Crippen LogP contribution in [-0.4, -0.2) is 23.5 Å². The van der Waals surface area contributed by atoms with Crippen molar-refractivity contribution in [3.05, 3.63) is 35.9 Å². The van der Waals surface area contributed by atoms with Crippen LogP contribution in [0.25, 0.3) is 0 Å². The molecule has 0 spiro atoms. The lowest BCUT2D eigenvalue weighted by molar-refractivity contribution is 0.496. The van der Waals surface area contributed by atoms with Crippen LogP contribution >= 0.6 is 0 Å². The highest BCUT2D eigenvalue weighted by atomic mass is 15.3. The number of rotatable bonds is 3. The second kappa shape index (κ2) is 3.51. The van der Waals surface area contributed by atoms with E-state index in [0.29, 0.717) is 0 Å². The zero-order valence-electron chi connectivity index (χ0n) is 8.40. The molecule has 1 heteroatoms. The molecular formula is C12H17N. The van der Waals surface area contributed by atoms with Crippen molar-refractivity contribution in [1.29, 1.82) is 0 Å². The zero-order chi connectivity index (χ0) is 9.26. The molecule has 0 amide bonds. The molecule has 1 fully saturated rings. The molecule has 1 nitrogen and oxygen atoms in total. The van der Waals surface area contributed by atoms with Gasteiger partial charge in [0.05, 0.1) is 0 Å². The van der Waals surface area contributed by atoms with E-state index in [2.05, 4.69) is 49.1 Å². The first-order valence-electron chi connectivity index (χ1n) is 5.08. The first kappa shape index (κ1) is 8.76. The maximum atomic E-state index is 2.53. The van der Waals surface area contributed by atoms with E-state index in [4.69, 9.17) is 0 Å². The van der Waals surface area contributed by atoms with Gasteiger partial charge in [0.2, 0.25) is 0 Å². The van der Waals surface area contributed by atoms with Crippen LogP contribution in [0.15, 0.2) is 30.3 Å². The van der Waals surface area contributed by atoms with Crippen molar-refractivity contribution in [2.75, 3.05) is 6.54 Å². The summed E-state index contributed by atoms with van der Waals surface area (Å²) in [6.07, 6.45) is 1.19. The normalized spacial score (nSPS) is 31.7. The van der Waals surface area contributed by atoms with Crippen molar-refractivity contribution in [3.8, 4) is 0 Å². The Kier molecular flexibility index (Phi) is 2.36. The molecule has 1 aliphatic heterocycles. The van der Waals surface area contributed by atoms with E-state index < -0.39 is 0 Å². The SMILES string of the molecule is C[C@@H]1[C@@H](C)N1CCc1ccccc1. The van der Waals surface area contributed by atoms with E-state index >= 15 is 0 Å². The molecule has 2 atom stereocenters. The lowest BCUT2D eigenvalue weighted by atomic mass is 10.1. The first-order valence-corrected chi connectivity index (χ1v) is 5.08. The van der Waals surface area contributed by atoms with Gasteiger partial charge in [-0.1, -0.05) is 30.3 Å². The van der Waals surface area contributed by atoms with Gasteiger partial charge in [0, 0.05) is 18.6 Å². The lowest BCUT2D eigenvalue weighted by Crippen LogP contribution is -2.06. The molecule has 0 saturated carbocycles. The van der Waals surface area contributed by atoms with Crippen molar-refractivity contribution in [1.82, 2.24) is 4.90 Å². The second-order valence-electron chi connectivity index (χ2n) is 3.95. The molecular weight excluding hydrogens is 158 g/mol. The summed E-state index contributed by atoms with van der Waals surface area (Å²) in [4.78, 5) is 2.53. The van der Waals surface area contributed by atoms with Gasteiger partial charge in [0.25, 0.3) is 0 Å². The third-order valence-electron chi connectivity index (χ3n) is 3.16. The minimum atomic E-state index is 0.809. The molecule has 1 heterocycles. The van der Waals surface area contributed by atoms with Crippen LogP contribution in [0, 0.1) is 0 Å². The fourth-order valence-electron chi connectivity index (χ4n) is 1.89. The Bertz CT molecular complexity index is 260. The maximum Gasteiger partial charge on any atom is 0.0224 e. The predicted octanol–water partition coefficient (Wildman–Crippen LogP) is 2.32. The van der Waals surface area contributed by atoms with Gasteiger partial charge < -0.3 is 0 Å². The van der Waals surface area contributed by atoms with Crippen LogP contribution in [0.4, 0.5) is 0 Å². The van der Waals surface area contributed by atoms with Gasteiger partial charge in [0.15, 0.2) is 0 Å². The van der Waals surface area contributed by atoms with Gasteiger partial charge >= 0.3 is 0 Å². The molecule has 1 aliphatic rings. The zero-order valence-corrected chi connectivity index (χ0v) is 8.40. The first-order chi connectivity index (χ1) is 6.29. The van der Waals surface area contributed by atoms with Crippen LogP contribution < -0.4 is 0 Å². The molecule has 1 aromatic carbocycles. The van der Waals surface area contributed by atoms with Crippen molar-refractivity contribution >= 4 is 0 Å². The average molecular weight is 175 g/mol. The molecule has 0 radical (unpaired) electrons. The Morgan fingerprint density at radius 2 is 1.69 bits per heavy atom.